The zero-order valence-electron chi connectivity index (χ0n) is 57.9. The van der Waals surface area contributed by atoms with Gasteiger partial charge in [-0.2, -0.15) is 0 Å². The molecule has 0 radical (unpaired) electrons. The fraction of sp³-hybridized carbons (Fsp3) is 0.0625. The molecular weight excluding hydrogens is 1270 g/mol. The Balaban J connectivity index is 0.000000143. The van der Waals surface area contributed by atoms with Crippen LogP contribution in [0.15, 0.2) is 340 Å². The van der Waals surface area contributed by atoms with E-state index in [-0.39, 0.29) is 10.8 Å². The summed E-state index contributed by atoms with van der Waals surface area (Å²) in [5.41, 5.74) is 27.8. The summed E-state index contributed by atoms with van der Waals surface area (Å²) in [6.45, 7) is 9.39. The van der Waals surface area contributed by atoms with Gasteiger partial charge in [0.05, 0.1) is 22.1 Å². The summed E-state index contributed by atoms with van der Waals surface area (Å²) >= 11 is 0. The highest BCUT2D eigenvalue weighted by molar-refractivity contribution is 6.20. The second-order valence-electron chi connectivity index (χ2n) is 28.1. The first-order valence-corrected chi connectivity index (χ1v) is 35.6. The maximum absolute atomic E-state index is 5.11. The second kappa shape index (κ2) is 24.8. The number of aromatic nitrogens is 8. The second-order valence-corrected chi connectivity index (χ2v) is 28.1. The molecule has 0 N–H and O–H groups in total. The first-order chi connectivity index (χ1) is 51.1. The van der Waals surface area contributed by atoms with E-state index in [0.717, 1.165) is 55.8 Å². The molecule has 2 aliphatic rings. The molecule has 8 nitrogen and oxygen atoms in total. The molecule has 0 saturated heterocycles. The van der Waals surface area contributed by atoms with Gasteiger partial charge in [-0.3, -0.25) is 0 Å². The molecule has 8 heteroatoms. The molecule has 0 aliphatic heterocycles. The van der Waals surface area contributed by atoms with Crippen LogP contribution in [0.3, 0.4) is 0 Å². The predicted octanol–water partition coefficient (Wildman–Crippen LogP) is 23.9. The number of hydrogen-bond donors (Lipinski definition) is 0. The van der Waals surface area contributed by atoms with Crippen LogP contribution in [0.2, 0.25) is 0 Å². The van der Waals surface area contributed by atoms with E-state index in [1.54, 1.807) is 0 Å². The van der Waals surface area contributed by atoms with Crippen LogP contribution >= 0.6 is 0 Å². The van der Waals surface area contributed by atoms with Crippen LogP contribution in [-0.4, -0.2) is 39.0 Å². The summed E-state index contributed by atoms with van der Waals surface area (Å²) in [5.74, 6) is 3.86. The van der Waals surface area contributed by atoms with Crippen molar-refractivity contribution in [1.29, 1.82) is 0 Å². The number of fused-ring (bicyclic) bond motifs is 14. The molecule has 4 heterocycles. The van der Waals surface area contributed by atoms with E-state index in [0.29, 0.717) is 34.9 Å². The monoisotopic (exact) mass is 1330 g/mol. The van der Waals surface area contributed by atoms with E-state index in [1.165, 1.54) is 99.3 Å². The first kappa shape index (κ1) is 61.8. The molecule has 0 fully saturated rings. The minimum atomic E-state index is -0.100. The maximum atomic E-state index is 5.11. The average Bonchev–Trinajstić information content (AvgIpc) is 1.54. The van der Waals surface area contributed by atoms with Gasteiger partial charge in [0.2, 0.25) is 0 Å². The SMILES string of the molecule is CC1(C)c2ccccc2-c2c1ccc1c2c2cc(-c3ccccc3)ccc2n1-c1cccc(-c2nc(-c3ccccc3)nc(-c3ccccc3)n2)c1.CC1(C)c2ccccc2-c2c1ccc1c2c2ccccc2n1-c1cccc(-c2nc(-c3ccccc3)nc(-c3ccc(-c4ccccc4)cc3)n2)c1. The third kappa shape index (κ3) is 10.4. The van der Waals surface area contributed by atoms with E-state index in [1.807, 2.05) is 97.1 Å². The van der Waals surface area contributed by atoms with Crippen molar-refractivity contribution < 1.29 is 0 Å². The van der Waals surface area contributed by atoms with Gasteiger partial charge >= 0.3 is 0 Å². The molecule has 0 bridgehead atoms. The van der Waals surface area contributed by atoms with Gasteiger partial charge in [-0.25, -0.2) is 29.9 Å². The van der Waals surface area contributed by atoms with E-state index in [4.69, 9.17) is 29.9 Å². The van der Waals surface area contributed by atoms with Gasteiger partial charge < -0.3 is 9.13 Å². The lowest BCUT2D eigenvalue weighted by Gasteiger charge is -2.21. The average molecular weight is 1330 g/mol. The molecule has 492 valence electrons. The lowest BCUT2D eigenvalue weighted by atomic mass is 9.82. The summed E-state index contributed by atoms with van der Waals surface area (Å²) in [6, 6.07) is 120. The van der Waals surface area contributed by atoms with Crippen molar-refractivity contribution in [3.05, 3.63) is 362 Å². The number of rotatable bonds is 10. The van der Waals surface area contributed by atoms with Crippen molar-refractivity contribution in [2.45, 2.75) is 38.5 Å². The highest BCUT2D eigenvalue weighted by atomic mass is 15.1. The van der Waals surface area contributed by atoms with Gasteiger partial charge in [0, 0.05) is 77.1 Å². The molecule has 0 amide bonds. The lowest BCUT2D eigenvalue weighted by Crippen LogP contribution is -2.14. The molecule has 18 aromatic rings. The molecule has 2 aliphatic carbocycles. The van der Waals surface area contributed by atoms with E-state index in [9.17, 15) is 0 Å². The summed E-state index contributed by atoms with van der Waals surface area (Å²) < 4.78 is 4.81. The van der Waals surface area contributed by atoms with Crippen LogP contribution in [0.5, 0.6) is 0 Å². The number of nitrogens with zero attached hydrogens (tertiary/aromatic N) is 8. The largest absolute Gasteiger partial charge is 0.309 e. The Morgan fingerprint density at radius 1 is 0.212 bits per heavy atom. The Kier molecular flexibility index (Phi) is 14.7. The van der Waals surface area contributed by atoms with Crippen LogP contribution in [0.25, 0.3) is 168 Å². The highest BCUT2D eigenvalue weighted by Crippen LogP contribution is 2.55. The molecular formula is C96H68N8. The number of para-hydroxylation sites is 1. The quantitative estimate of drug-likeness (QED) is 0.136. The van der Waals surface area contributed by atoms with E-state index in [2.05, 4.69) is 279 Å². The Labute approximate surface area is 603 Å². The molecule has 4 aromatic heterocycles. The van der Waals surface area contributed by atoms with Crippen LogP contribution in [-0.2, 0) is 10.8 Å². The molecule has 104 heavy (non-hydrogen) atoms. The van der Waals surface area contributed by atoms with Crippen molar-refractivity contribution in [1.82, 2.24) is 39.0 Å². The van der Waals surface area contributed by atoms with Gasteiger partial charge in [0.1, 0.15) is 0 Å². The molecule has 0 atom stereocenters. The lowest BCUT2D eigenvalue weighted by molar-refractivity contribution is 0.660. The zero-order chi connectivity index (χ0) is 69.6. The van der Waals surface area contributed by atoms with Gasteiger partial charge in [0.25, 0.3) is 0 Å². The Morgan fingerprint density at radius 2 is 0.519 bits per heavy atom. The van der Waals surface area contributed by atoms with Crippen LogP contribution < -0.4 is 0 Å². The summed E-state index contributed by atoms with van der Waals surface area (Å²) in [6.07, 6.45) is 0. The maximum Gasteiger partial charge on any atom is 0.164 e. The molecule has 0 unspecified atom stereocenters. The van der Waals surface area contributed by atoms with Gasteiger partial charge in [-0.1, -0.05) is 313 Å². The van der Waals surface area contributed by atoms with Crippen molar-refractivity contribution in [2.24, 2.45) is 0 Å². The fourth-order valence-electron chi connectivity index (χ4n) is 16.2. The van der Waals surface area contributed by atoms with Crippen LogP contribution in [0.4, 0.5) is 0 Å². The van der Waals surface area contributed by atoms with Crippen molar-refractivity contribution in [2.75, 3.05) is 0 Å². The summed E-state index contributed by atoms with van der Waals surface area (Å²) in [7, 11) is 0. The van der Waals surface area contributed by atoms with Crippen molar-refractivity contribution in [3.63, 3.8) is 0 Å². The Hall–Kier alpha value is -13.3. The van der Waals surface area contributed by atoms with Crippen LogP contribution in [0.1, 0.15) is 49.9 Å². The predicted molar refractivity (Wildman–Crippen MR) is 427 cm³/mol. The van der Waals surface area contributed by atoms with Gasteiger partial charge in [0.15, 0.2) is 34.9 Å². The zero-order valence-corrected chi connectivity index (χ0v) is 57.9. The third-order valence-electron chi connectivity index (χ3n) is 21.3. The topological polar surface area (TPSA) is 87.2 Å². The fourth-order valence-corrected chi connectivity index (χ4v) is 16.2. The van der Waals surface area contributed by atoms with Gasteiger partial charge in [-0.15, -0.1) is 0 Å². The molecule has 14 aromatic carbocycles. The van der Waals surface area contributed by atoms with E-state index >= 15 is 0 Å². The normalized spacial score (nSPS) is 13.0. The molecule has 0 saturated carbocycles. The molecule has 0 spiro atoms. The standard InChI is InChI=1S/2C48H34N4/c1-48(2)39-24-13-12-23-37(39)43-40(48)26-28-42-44(43)38-30-34(31-15-6-3-7-16-31)25-27-41(38)52(42)36-22-14-21-35(29-36)47-50-45(32-17-8-4-9-18-32)49-46(51-47)33-19-10-5-11-20-33;1-48(2)39-22-11-9-20-37(39)43-40(48)28-29-42-44(43)38-21-10-12-23-41(38)52(42)36-19-13-18-35(30-36)47-50-45(33-16-7-4-8-17-33)49-46(51-47)34-26-24-32(25-27-34)31-14-5-3-6-15-31/h2*3-30H,1-2H3. The van der Waals surface area contributed by atoms with Crippen molar-refractivity contribution >= 4 is 43.6 Å². The van der Waals surface area contributed by atoms with Crippen LogP contribution in [0, 0.1) is 0 Å². The van der Waals surface area contributed by atoms with E-state index < -0.39 is 0 Å². The summed E-state index contributed by atoms with van der Waals surface area (Å²) in [5, 5.41) is 5.07. The highest BCUT2D eigenvalue weighted by Gasteiger charge is 2.39. The minimum Gasteiger partial charge on any atom is -0.309 e. The van der Waals surface area contributed by atoms with Crippen molar-refractivity contribution in [3.8, 4) is 124 Å². The molecule has 20 rings (SSSR count). The third-order valence-corrected chi connectivity index (χ3v) is 21.3. The number of hydrogen-bond acceptors (Lipinski definition) is 6. The summed E-state index contributed by atoms with van der Waals surface area (Å²) in [4.78, 5) is 30.2. The number of benzene rings is 14. The Morgan fingerprint density at radius 3 is 0.971 bits per heavy atom. The Bertz CT molecular complexity index is 6320. The van der Waals surface area contributed by atoms with Gasteiger partial charge in [-0.05, 0) is 121 Å². The smallest absolute Gasteiger partial charge is 0.164 e. The first-order valence-electron chi connectivity index (χ1n) is 35.6. The minimum absolute atomic E-state index is 0.0715.